The fourth-order valence-corrected chi connectivity index (χ4v) is 4.82. The number of hydrogen-bond donors (Lipinski definition) is 1. The van der Waals surface area contributed by atoms with Gasteiger partial charge in [-0.3, -0.25) is 4.79 Å². The molecule has 0 aromatic heterocycles. The van der Waals surface area contributed by atoms with Crippen molar-refractivity contribution in [2.75, 3.05) is 0 Å². The van der Waals surface area contributed by atoms with Gasteiger partial charge in [0, 0.05) is 16.3 Å². The summed E-state index contributed by atoms with van der Waals surface area (Å²) < 4.78 is 0. The van der Waals surface area contributed by atoms with Crippen LogP contribution in [-0.4, -0.2) is 16.8 Å². The number of halogens is 1. The smallest absolute Gasteiger partial charge is 0.226 e. The predicted molar refractivity (Wildman–Crippen MR) is 88.1 cm³/mol. The lowest BCUT2D eigenvalue weighted by atomic mass is 9.77. The van der Waals surface area contributed by atoms with Gasteiger partial charge < -0.3 is 5.32 Å². The Balaban J connectivity index is 2.00. The monoisotopic (exact) mass is 343 g/mol. The molecule has 2 unspecified atom stereocenters. The molecule has 2 nitrogen and oxygen atoms in total. The molecule has 0 heterocycles. The summed E-state index contributed by atoms with van der Waals surface area (Å²) in [6.45, 7) is 4.48. The number of carbonyl (C=O) groups is 1. The molecule has 2 fully saturated rings. The molecule has 1 amide bonds. The fraction of sp³-hybridized carbons (Fsp3) is 0.941. The van der Waals surface area contributed by atoms with Crippen LogP contribution in [0.25, 0.3) is 0 Å². The molecule has 0 aromatic rings. The summed E-state index contributed by atoms with van der Waals surface area (Å²) in [4.78, 5) is 13.4. The third kappa shape index (κ3) is 3.99. The lowest BCUT2D eigenvalue weighted by Gasteiger charge is -2.32. The van der Waals surface area contributed by atoms with E-state index in [4.69, 9.17) is 0 Å². The Morgan fingerprint density at radius 2 is 1.80 bits per heavy atom. The second-order valence-corrected chi connectivity index (χ2v) is 8.50. The van der Waals surface area contributed by atoms with Gasteiger partial charge in [0.2, 0.25) is 5.91 Å². The average molecular weight is 344 g/mol. The molecule has 1 N–H and O–H groups in total. The van der Waals surface area contributed by atoms with Crippen molar-refractivity contribution in [3.63, 3.8) is 0 Å². The summed E-state index contributed by atoms with van der Waals surface area (Å²) in [7, 11) is 0. The van der Waals surface area contributed by atoms with Crippen molar-refractivity contribution in [3.8, 4) is 0 Å². The van der Waals surface area contributed by atoms with E-state index in [2.05, 4.69) is 35.1 Å². The Hall–Kier alpha value is -0.0500. The zero-order chi connectivity index (χ0) is 14.6. The summed E-state index contributed by atoms with van der Waals surface area (Å²) in [5.41, 5.74) is -0.0623. The Labute approximate surface area is 132 Å². The molecule has 0 aliphatic heterocycles. The number of hydrogen-bond acceptors (Lipinski definition) is 1. The van der Waals surface area contributed by atoms with Crippen LogP contribution in [0.1, 0.15) is 78.1 Å². The van der Waals surface area contributed by atoms with E-state index in [1.165, 1.54) is 38.5 Å². The van der Waals surface area contributed by atoms with Gasteiger partial charge in [-0.2, -0.15) is 0 Å². The molecular formula is C17H30BrNO. The minimum Gasteiger partial charge on any atom is -0.352 e. The van der Waals surface area contributed by atoms with Gasteiger partial charge in [0.05, 0.1) is 0 Å². The maximum Gasteiger partial charge on any atom is 0.226 e. The van der Waals surface area contributed by atoms with E-state index in [-0.39, 0.29) is 5.41 Å². The van der Waals surface area contributed by atoms with Crippen LogP contribution >= 0.6 is 15.9 Å². The standard InChI is InChI=1S/C17H30BrNO/c1-13(2)12-17(10-6-7-11-17)16(20)19-15-9-5-3-4-8-14(15)18/h13-15H,3-12H2,1-2H3,(H,19,20). The first-order valence-electron chi connectivity index (χ1n) is 8.48. The second kappa shape index (κ2) is 7.29. The Morgan fingerprint density at radius 3 is 2.45 bits per heavy atom. The number of nitrogens with one attached hydrogen (secondary N) is 1. The normalized spacial score (nSPS) is 30.2. The summed E-state index contributed by atoms with van der Waals surface area (Å²) >= 11 is 3.80. The highest BCUT2D eigenvalue weighted by Crippen LogP contribution is 2.43. The van der Waals surface area contributed by atoms with Crippen molar-refractivity contribution in [1.82, 2.24) is 5.32 Å². The molecule has 0 bridgehead atoms. The van der Waals surface area contributed by atoms with Crippen LogP contribution in [0.3, 0.4) is 0 Å². The minimum absolute atomic E-state index is 0.0623. The highest BCUT2D eigenvalue weighted by Gasteiger charge is 2.42. The zero-order valence-electron chi connectivity index (χ0n) is 13.1. The van der Waals surface area contributed by atoms with Crippen LogP contribution in [0.4, 0.5) is 0 Å². The van der Waals surface area contributed by atoms with Crippen LogP contribution < -0.4 is 5.32 Å². The van der Waals surface area contributed by atoms with Crippen LogP contribution in [0.2, 0.25) is 0 Å². The first-order valence-corrected chi connectivity index (χ1v) is 9.40. The third-order valence-electron chi connectivity index (χ3n) is 5.09. The maximum absolute atomic E-state index is 12.9. The number of alkyl halides is 1. The van der Waals surface area contributed by atoms with Gasteiger partial charge in [0.15, 0.2) is 0 Å². The molecule has 0 aromatic carbocycles. The van der Waals surface area contributed by atoms with E-state index in [0.717, 1.165) is 25.7 Å². The molecule has 0 saturated heterocycles. The molecular weight excluding hydrogens is 314 g/mol. The first-order chi connectivity index (χ1) is 9.53. The second-order valence-electron chi connectivity index (χ2n) is 7.32. The van der Waals surface area contributed by atoms with Gasteiger partial charge in [-0.05, 0) is 38.0 Å². The number of carbonyl (C=O) groups excluding carboxylic acids is 1. The zero-order valence-corrected chi connectivity index (χ0v) is 14.7. The van der Waals surface area contributed by atoms with Gasteiger partial charge in [-0.25, -0.2) is 0 Å². The molecule has 2 aliphatic rings. The summed E-state index contributed by atoms with van der Waals surface area (Å²) in [6, 6.07) is 0.342. The van der Waals surface area contributed by atoms with Crippen LogP contribution in [0.5, 0.6) is 0 Å². The van der Waals surface area contributed by atoms with Gasteiger partial charge in [0.1, 0.15) is 0 Å². The van der Waals surface area contributed by atoms with E-state index < -0.39 is 0 Å². The highest BCUT2D eigenvalue weighted by atomic mass is 79.9. The average Bonchev–Trinajstić information content (AvgIpc) is 2.76. The van der Waals surface area contributed by atoms with Gasteiger partial charge >= 0.3 is 0 Å². The minimum atomic E-state index is -0.0623. The van der Waals surface area contributed by atoms with Crippen molar-refractivity contribution in [2.24, 2.45) is 11.3 Å². The fourth-order valence-electron chi connectivity index (χ4n) is 4.10. The Kier molecular flexibility index (Phi) is 5.95. The highest BCUT2D eigenvalue weighted by molar-refractivity contribution is 9.09. The molecule has 2 atom stereocenters. The van der Waals surface area contributed by atoms with E-state index in [9.17, 15) is 4.79 Å². The van der Waals surface area contributed by atoms with Crippen molar-refractivity contribution in [2.45, 2.75) is 88.9 Å². The summed E-state index contributed by atoms with van der Waals surface area (Å²) in [6.07, 6.45) is 11.9. The van der Waals surface area contributed by atoms with Crippen molar-refractivity contribution < 1.29 is 4.79 Å². The molecule has 116 valence electrons. The molecule has 0 spiro atoms. The quantitative estimate of drug-likeness (QED) is 0.576. The maximum atomic E-state index is 12.9. The Bertz CT molecular complexity index is 323. The lowest BCUT2D eigenvalue weighted by molar-refractivity contribution is -0.132. The van der Waals surface area contributed by atoms with Crippen LogP contribution in [0.15, 0.2) is 0 Å². The third-order valence-corrected chi connectivity index (χ3v) is 6.19. The predicted octanol–water partition coefficient (Wildman–Crippen LogP) is 4.81. The van der Waals surface area contributed by atoms with Crippen molar-refractivity contribution in [1.29, 1.82) is 0 Å². The van der Waals surface area contributed by atoms with Crippen molar-refractivity contribution >= 4 is 21.8 Å². The molecule has 20 heavy (non-hydrogen) atoms. The summed E-state index contributed by atoms with van der Waals surface area (Å²) in [5, 5.41) is 3.41. The van der Waals surface area contributed by atoms with Gasteiger partial charge in [-0.15, -0.1) is 0 Å². The molecule has 2 aliphatic carbocycles. The molecule has 2 saturated carbocycles. The van der Waals surface area contributed by atoms with E-state index in [1.807, 2.05) is 0 Å². The van der Waals surface area contributed by atoms with Gasteiger partial charge in [0.25, 0.3) is 0 Å². The molecule has 3 heteroatoms. The molecule has 2 rings (SSSR count). The topological polar surface area (TPSA) is 29.1 Å². The van der Waals surface area contributed by atoms with Gasteiger partial charge in [-0.1, -0.05) is 61.9 Å². The SMILES string of the molecule is CC(C)CC1(C(=O)NC2CCCCCC2Br)CCCC1. The first kappa shape index (κ1) is 16.3. The van der Waals surface area contributed by atoms with E-state index >= 15 is 0 Å². The van der Waals surface area contributed by atoms with Crippen LogP contribution in [0, 0.1) is 11.3 Å². The van der Waals surface area contributed by atoms with Crippen molar-refractivity contribution in [3.05, 3.63) is 0 Å². The summed E-state index contributed by atoms with van der Waals surface area (Å²) in [5.74, 6) is 0.952. The molecule has 0 radical (unpaired) electrons. The van der Waals surface area contributed by atoms with E-state index in [1.54, 1.807) is 0 Å². The number of amides is 1. The Morgan fingerprint density at radius 1 is 1.15 bits per heavy atom. The van der Waals surface area contributed by atoms with Crippen LogP contribution in [-0.2, 0) is 4.79 Å². The largest absolute Gasteiger partial charge is 0.352 e. The number of rotatable bonds is 4. The lowest BCUT2D eigenvalue weighted by Crippen LogP contribution is -2.48. The van der Waals surface area contributed by atoms with E-state index in [0.29, 0.717) is 22.7 Å².